The molecule has 0 atom stereocenters. The summed E-state index contributed by atoms with van der Waals surface area (Å²) in [5.74, 6) is -0.104. The Kier molecular flexibility index (Phi) is 3.82. The highest BCUT2D eigenvalue weighted by Crippen LogP contribution is 2.24. The van der Waals surface area contributed by atoms with Crippen molar-refractivity contribution in [3.8, 4) is 16.9 Å². The lowest BCUT2D eigenvalue weighted by atomic mass is 10.1. The minimum atomic E-state index is -0.104. The predicted molar refractivity (Wildman–Crippen MR) is 94.5 cm³/mol. The molecule has 1 aromatic heterocycles. The van der Waals surface area contributed by atoms with Gasteiger partial charge in [-0.1, -0.05) is 48.0 Å². The van der Waals surface area contributed by atoms with Gasteiger partial charge in [0.05, 0.1) is 11.4 Å². The zero-order valence-electron chi connectivity index (χ0n) is 12.9. The smallest absolute Gasteiger partial charge is 0.270 e. The van der Waals surface area contributed by atoms with Crippen LogP contribution in [0.15, 0.2) is 60.7 Å². The van der Waals surface area contributed by atoms with Gasteiger partial charge in [0.25, 0.3) is 5.91 Å². The summed E-state index contributed by atoms with van der Waals surface area (Å²) >= 11 is 6.10. The Bertz CT molecular complexity index is 885. The van der Waals surface area contributed by atoms with Gasteiger partial charge in [0.1, 0.15) is 5.69 Å². The first-order valence-electron chi connectivity index (χ1n) is 7.93. The van der Waals surface area contributed by atoms with Gasteiger partial charge in [-0.2, -0.15) is 5.10 Å². The maximum Gasteiger partial charge on any atom is 0.270 e. The second kappa shape index (κ2) is 6.13. The topological polar surface area (TPSA) is 46.9 Å². The van der Waals surface area contributed by atoms with Crippen molar-refractivity contribution in [2.75, 3.05) is 0 Å². The van der Waals surface area contributed by atoms with Crippen LogP contribution in [0.3, 0.4) is 0 Å². The molecule has 1 saturated carbocycles. The SMILES string of the molecule is O=C(NC1CC1)c1cc(-c2ccccc2)nn1-c1cccc(Cl)c1. The zero-order valence-corrected chi connectivity index (χ0v) is 13.7. The molecule has 1 amide bonds. The molecule has 120 valence electrons. The Balaban J connectivity index is 1.80. The van der Waals surface area contributed by atoms with Crippen molar-refractivity contribution >= 4 is 17.5 Å². The number of amides is 1. The van der Waals surface area contributed by atoms with E-state index in [-0.39, 0.29) is 5.91 Å². The van der Waals surface area contributed by atoms with Gasteiger partial charge in [0.15, 0.2) is 0 Å². The number of hydrogen-bond donors (Lipinski definition) is 1. The molecular weight excluding hydrogens is 322 g/mol. The van der Waals surface area contributed by atoms with Crippen LogP contribution in [0.25, 0.3) is 16.9 Å². The highest BCUT2D eigenvalue weighted by molar-refractivity contribution is 6.30. The van der Waals surface area contributed by atoms with Crippen LogP contribution in [-0.4, -0.2) is 21.7 Å². The van der Waals surface area contributed by atoms with E-state index in [9.17, 15) is 4.79 Å². The van der Waals surface area contributed by atoms with Crippen LogP contribution >= 0.6 is 11.6 Å². The van der Waals surface area contributed by atoms with Crippen molar-refractivity contribution < 1.29 is 4.79 Å². The third-order valence-electron chi connectivity index (χ3n) is 3.98. The molecule has 1 heterocycles. The van der Waals surface area contributed by atoms with Gasteiger partial charge in [0.2, 0.25) is 0 Å². The number of nitrogens with one attached hydrogen (secondary N) is 1. The van der Waals surface area contributed by atoms with E-state index in [2.05, 4.69) is 10.4 Å². The lowest BCUT2D eigenvalue weighted by Gasteiger charge is -2.08. The minimum Gasteiger partial charge on any atom is -0.348 e. The molecule has 5 heteroatoms. The average Bonchev–Trinajstić information content (AvgIpc) is 3.29. The fourth-order valence-electron chi connectivity index (χ4n) is 2.58. The van der Waals surface area contributed by atoms with Crippen molar-refractivity contribution in [1.82, 2.24) is 15.1 Å². The molecule has 0 bridgehead atoms. The van der Waals surface area contributed by atoms with Crippen LogP contribution in [0, 0.1) is 0 Å². The van der Waals surface area contributed by atoms with Crippen molar-refractivity contribution in [3.63, 3.8) is 0 Å². The van der Waals surface area contributed by atoms with Crippen LogP contribution in [0.5, 0.6) is 0 Å². The number of hydrogen-bond acceptors (Lipinski definition) is 2. The van der Waals surface area contributed by atoms with E-state index in [1.807, 2.05) is 48.5 Å². The number of benzene rings is 2. The maximum absolute atomic E-state index is 12.6. The Hall–Kier alpha value is -2.59. The van der Waals surface area contributed by atoms with E-state index in [1.54, 1.807) is 16.8 Å². The van der Waals surface area contributed by atoms with E-state index in [1.165, 1.54) is 0 Å². The predicted octanol–water partition coefficient (Wildman–Crippen LogP) is 4.08. The summed E-state index contributed by atoms with van der Waals surface area (Å²) in [7, 11) is 0. The number of halogens is 1. The third-order valence-corrected chi connectivity index (χ3v) is 4.21. The van der Waals surface area contributed by atoms with Crippen LogP contribution in [0.4, 0.5) is 0 Å². The molecule has 2 aromatic carbocycles. The van der Waals surface area contributed by atoms with Crippen LogP contribution in [0.2, 0.25) is 5.02 Å². The third kappa shape index (κ3) is 3.05. The number of carbonyl (C=O) groups excluding carboxylic acids is 1. The molecule has 0 spiro atoms. The molecule has 24 heavy (non-hydrogen) atoms. The van der Waals surface area contributed by atoms with E-state index in [4.69, 9.17) is 11.6 Å². The standard InChI is InChI=1S/C19H16ClN3O/c20-14-7-4-8-16(11-14)23-18(19(24)21-15-9-10-15)12-17(22-23)13-5-2-1-3-6-13/h1-8,11-12,15H,9-10H2,(H,21,24). The molecule has 4 rings (SSSR count). The van der Waals surface area contributed by atoms with Gasteiger partial charge in [-0.15, -0.1) is 0 Å². The van der Waals surface area contributed by atoms with E-state index in [0.29, 0.717) is 16.8 Å². The largest absolute Gasteiger partial charge is 0.348 e. The Labute approximate surface area is 145 Å². The summed E-state index contributed by atoms with van der Waals surface area (Å²) in [4.78, 5) is 12.6. The molecule has 0 aliphatic heterocycles. The molecular formula is C19H16ClN3O. The fraction of sp³-hybridized carbons (Fsp3) is 0.158. The second-order valence-electron chi connectivity index (χ2n) is 5.92. The second-order valence-corrected chi connectivity index (χ2v) is 6.36. The highest BCUT2D eigenvalue weighted by Gasteiger charge is 2.26. The van der Waals surface area contributed by atoms with Crippen molar-refractivity contribution in [3.05, 3.63) is 71.4 Å². The fourth-order valence-corrected chi connectivity index (χ4v) is 2.77. The first-order chi connectivity index (χ1) is 11.7. The van der Waals surface area contributed by atoms with Gasteiger partial charge in [-0.25, -0.2) is 4.68 Å². The first-order valence-corrected chi connectivity index (χ1v) is 8.31. The molecule has 4 nitrogen and oxygen atoms in total. The van der Waals surface area contributed by atoms with Crippen molar-refractivity contribution in [2.24, 2.45) is 0 Å². The van der Waals surface area contributed by atoms with Crippen molar-refractivity contribution in [1.29, 1.82) is 0 Å². The number of carbonyl (C=O) groups is 1. The summed E-state index contributed by atoms with van der Waals surface area (Å²) in [6, 6.07) is 19.3. The van der Waals surface area contributed by atoms with Gasteiger partial charge < -0.3 is 5.32 Å². The minimum absolute atomic E-state index is 0.104. The molecule has 1 aliphatic rings. The number of aromatic nitrogens is 2. The van der Waals surface area contributed by atoms with E-state index >= 15 is 0 Å². The summed E-state index contributed by atoms with van der Waals surface area (Å²) in [5, 5.41) is 8.27. The van der Waals surface area contributed by atoms with Gasteiger partial charge in [-0.05, 0) is 37.1 Å². The van der Waals surface area contributed by atoms with E-state index < -0.39 is 0 Å². The van der Waals surface area contributed by atoms with Gasteiger partial charge in [0, 0.05) is 16.6 Å². The van der Waals surface area contributed by atoms with Crippen LogP contribution < -0.4 is 5.32 Å². The first kappa shape index (κ1) is 15.0. The Morgan fingerprint density at radius 1 is 1.08 bits per heavy atom. The Morgan fingerprint density at radius 2 is 1.88 bits per heavy atom. The molecule has 0 saturated heterocycles. The molecule has 0 unspecified atom stereocenters. The van der Waals surface area contributed by atoms with Crippen LogP contribution in [-0.2, 0) is 0 Å². The summed E-state index contributed by atoms with van der Waals surface area (Å²) in [6.45, 7) is 0. The molecule has 1 N–H and O–H groups in total. The number of rotatable bonds is 4. The summed E-state index contributed by atoms with van der Waals surface area (Å²) in [5.41, 5.74) is 3.02. The zero-order chi connectivity index (χ0) is 16.5. The summed E-state index contributed by atoms with van der Waals surface area (Å²) < 4.78 is 1.66. The summed E-state index contributed by atoms with van der Waals surface area (Å²) in [6.07, 6.45) is 2.09. The molecule has 1 aliphatic carbocycles. The maximum atomic E-state index is 12.6. The van der Waals surface area contributed by atoms with E-state index in [0.717, 1.165) is 29.8 Å². The van der Waals surface area contributed by atoms with Gasteiger partial charge >= 0.3 is 0 Å². The van der Waals surface area contributed by atoms with Gasteiger partial charge in [-0.3, -0.25) is 4.79 Å². The highest BCUT2D eigenvalue weighted by atomic mass is 35.5. The monoisotopic (exact) mass is 337 g/mol. The average molecular weight is 338 g/mol. The lowest BCUT2D eigenvalue weighted by Crippen LogP contribution is -2.27. The van der Waals surface area contributed by atoms with Crippen molar-refractivity contribution in [2.45, 2.75) is 18.9 Å². The van der Waals surface area contributed by atoms with Crippen LogP contribution in [0.1, 0.15) is 23.3 Å². The molecule has 3 aromatic rings. The molecule has 0 radical (unpaired) electrons. The molecule has 1 fully saturated rings. The Morgan fingerprint density at radius 3 is 2.58 bits per heavy atom. The number of nitrogens with zero attached hydrogens (tertiary/aromatic N) is 2. The lowest BCUT2D eigenvalue weighted by molar-refractivity contribution is 0.0943. The normalized spacial score (nSPS) is 13.7. The quantitative estimate of drug-likeness (QED) is 0.779.